The third kappa shape index (κ3) is 2.76. The lowest BCUT2D eigenvalue weighted by Gasteiger charge is -2.46. The molecule has 2 aromatic heterocycles. The van der Waals surface area contributed by atoms with E-state index in [9.17, 15) is 10.0 Å². The Morgan fingerprint density at radius 2 is 2.03 bits per heavy atom. The second kappa shape index (κ2) is 6.26. The van der Waals surface area contributed by atoms with Gasteiger partial charge in [-0.25, -0.2) is 9.67 Å². The van der Waals surface area contributed by atoms with Crippen LogP contribution in [0.5, 0.6) is 0 Å². The molecule has 7 rings (SSSR count). The van der Waals surface area contributed by atoms with Crippen LogP contribution in [0.4, 0.5) is 0 Å². The van der Waals surface area contributed by atoms with E-state index in [2.05, 4.69) is 15.4 Å². The Morgan fingerprint density at radius 1 is 1.24 bits per heavy atom. The molecule has 2 aromatic rings. The highest BCUT2D eigenvalue weighted by atomic mass is 16.5. The van der Waals surface area contributed by atoms with E-state index < -0.39 is 0 Å². The number of nitrogens with one attached hydrogen (secondary N) is 1. The van der Waals surface area contributed by atoms with E-state index in [1.807, 2.05) is 0 Å². The zero-order chi connectivity index (χ0) is 19.6. The van der Waals surface area contributed by atoms with Gasteiger partial charge in [0.2, 0.25) is 12.0 Å². The zero-order valence-corrected chi connectivity index (χ0v) is 16.3. The first-order chi connectivity index (χ1) is 14.1. The van der Waals surface area contributed by atoms with Crippen molar-refractivity contribution in [2.75, 3.05) is 0 Å². The molecule has 29 heavy (non-hydrogen) atoms. The zero-order valence-electron chi connectivity index (χ0n) is 16.3. The molecule has 2 atom stereocenters. The van der Waals surface area contributed by atoms with Crippen molar-refractivity contribution in [2.45, 2.75) is 75.5 Å². The highest BCUT2D eigenvalue weighted by Gasteiger charge is 2.44. The number of carbonyl (C=O) groups is 1. The molecule has 4 fully saturated rings. The highest BCUT2D eigenvalue weighted by molar-refractivity contribution is 5.94. The molecule has 1 N–H and O–H groups in total. The molecule has 1 amide bonds. The van der Waals surface area contributed by atoms with E-state index in [1.165, 1.54) is 37.9 Å². The maximum Gasteiger partial charge on any atom is 0.272 e. The summed E-state index contributed by atoms with van der Waals surface area (Å²) in [5.74, 6) is 1.17. The van der Waals surface area contributed by atoms with Crippen molar-refractivity contribution in [3.05, 3.63) is 40.7 Å². The van der Waals surface area contributed by atoms with Crippen LogP contribution >= 0.6 is 0 Å². The minimum Gasteiger partial charge on any atom is -0.619 e. The van der Waals surface area contributed by atoms with Crippen molar-refractivity contribution in [3.63, 3.8) is 0 Å². The van der Waals surface area contributed by atoms with E-state index in [0.29, 0.717) is 22.7 Å². The molecule has 4 heterocycles. The van der Waals surface area contributed by atoms with Gasteiger partial charge in [0.1, 0.15) is 6.10 Å². The van der Waals surface area contributed by atoms with Crippen molar-refractivity contribution >= 4 is 5.91 Å². The molecule has 3 aliphatic carbocycles. The van der Waals surface area contributed by atoms with Gasteiger partial charge in [0.25, 0.3) is 5.91 Å². The number of hydrogen-bond acceptors (Lipinski definition) is 5. The molecule has 152 valence electrons. The quantitative estimate of drug-likeness (QED) is 0.634. The van der Waals surface area contributed by atoms with Crippen LogP contribution in [-0.2, 0) is 11.2 Å². The second-order valence-corrected chi connectivity index (χ2v) is 9.14. The lowest BCUT2D eigenvalue weighted by atomic mass is 9.66. The number of carbonyl (C=O) groups excluding carboxylic acids is 1. The smallest absolute Gasteiger partial charge is 0.272 e. The summed E-state index contributed by atoms with van der Waals surface area (Å²) in [4.78, 5) is 17.7. The summed E-state index contributed by atoms with van der Waals surface area (Å²) < 4.78 is 8.46. The van der Waals surface area contributed by atoms with Crippen molar-refractivity contribution in [2.24, 2.45) is 5.92 Å². The Bertz CT molecular complexity index is 965. The normalized spacial score (nSPS) is 32.2. The fraction of sp³-hybridized carbons (Fsp3) is 0.619. The van der Waals surface area contributed by atoms with Crippen molar-refractivity contribution < 1.29 is 14.3 Å². The third-order valence-electron chi connectivity index (χ3n) is 7.43. The van der Waals surface area contributed by atoms with Crippen LogP contribution in [0.15, 0.2) is 18.6 Å². The average molecular weight is 395 g/mol. The predicted octanol–water partition coefficient (Wildman–Crippen LogP) is 2.13. The fourth-order valence-electron chi connectivity index (χ4n) is 5.85. The standard InChI is InChI=1S/C21H25N5O3/c27-20(23-21-6-3-13(4-7-21)5-8-21)18-15-11-14-1-2-16(29-14)19(15)26(24-18)17-12-25(28)10-9-22-17/h9-10,12-14,16H,1-8,11H2,(H,23,27). The van der Waals surface area contributed by atoms with E-state index in [4.69, 9.17) is 4.74 Å². The number of aromatic nitrogens is 4. The van der Waals surface area contributed by atoms with Gasteiger partial charge in [0.15, 0.2) is 11.9 Å². The van der Waals surface area contributed by atoms with Crippen molar-refractivity contribution in [1.82, 2.24) is 20.1 Å². The fourth-order valence-corrected chi connectivity index (χ4v) is 5.85. The highest BCUT2D eigenvalue weighted by Crippen LogP contribution is 2.45. The average Bonchev–Trinajstić information content (AvgIpc) is 3.31. The van der Waals surface area contributed by atoms with Gasteiger partial charge >= 0.3 is 0 Å². The van der Waals surface area contributed by atoms with E-state index in [0.717, 1.165) is 49.3 Å². The summed E-state index contributed by atoms with van der Waals surface area (Å²) >= 11 is 0. The van der Waals surface area contributed by atoms with Gasteiger partial charge in [-0.2, -0.15) is 9.83 Å². The first-order valence-corrected chi connectivity index (χ1v) is 10.8. The molecule has 0 radical (unpaired) electrons. The maximum atomic E-state index is 13.4. The Kier molecular flexibility index (Phi) is 3.75. The monoisotopic (exact) mass is 395 g/mol. The minimum atomic E-state index is -0.0943. The van der Waals surface area contributed by atoms with Crippen molar-refractivity contribution in [3.8, 4) is 5.82 Å². The largest absolute Gasteiger partial charge is 0.619 e. The SMILES string of the molecule is O=C(NC12CCC(CC1)CC2)c1nn(-c2c[n+]([O-])ccn2)c2c1CC1CCC2O1. The lowest BCUT2D eigenvalue weighted by Crippen LogP contribution is -2.54. The van der Waals surface area contributed by atoms with E-state index in [-0.39, 0.29) is 23.7 Å². The molecular weight excluding hydrogens is 370 g/mol. The first-order valence-electron chi connectivity index (χ1n) is 10.8. The van der Waals surface area contributed by atoms with Crippen LogP contribution in [-0.4, -0.2) is 32.3 Å². The third-order valence-corrected chi connectivity index (χ3v) is 7.43. The van der Waals surface area contributed by atoms with Crippen LogP contribution in [0.25, 0.3) is 5.82 Å². The van der Waals surface area contributed by atoms with E-state index >= 15 is 0 Å². The number of ether oxygens (including phenoxy) is 1. The molecule has 5 aliphatic rings. The van der Waals surface area contributed by atoms with Gasteiger partial charge in [0.05, 0.1) is 18.0 Å². The molecule has 3 saturated carbocycles. The molecule has 8 nitrogen and oxygen atoms in total. The number of fused-ring (bicyclic) bond motifs is 7. The Morgan fingerprint density at radius 3 is 2.79 bits per heavy atom. The van der Waals surface area contributed by atoms with Gasteiger partial charge in [-0.3, -0.25) is 4.79 Å². The summed E-state index contributed by atoms with van der Waals surface area (Å²) in [6, 6.07) is 0. The summed E-state index contributed by atoms with van der Waals surface area (Å²) in [5.41, 5.74) is 2.25. The number of rotatable bonds is 3. The molecule has 4 bridgehead atoms. The molecule has 0 aromatic carbocycles. The van der Waals surface area contributed by atoms with Crippen LogP contribution in [0, 0.1) is 11.1 Å². The Balaban J connectivity index is 1.40. The van der Waals surface area contributed by atoms with Crippen molar-refractivity contribution in [1.29, 1.82) is 0 Å². The summed E-state index contributed by atoms with van der Waals surface area (Å²) in [7, 11) is 0. The molecule has 2 aliphatic heterocycles. The second-order valence-electron chi connectivity index (χ2n) is 9.14. The molecule has 1 saturated heterocycles. The lowest BCUT2D eigenvalue weighted by molar-refractivity contribution is -0.605. The first kappa shape index (κ1) is 17.4. The summed E-state index contributed by atoms with van der Waals surface area (Å²) in [6.45, 7) is 0. The maximum absolute atomic E-state index is 13.4. The Hall–Kier alpha value is -2.48. The number of hydrogen-bond donors (Lipinski definition) is 1. The Labute approximate surface area is 168 Å². The van der Waals surface area contributed by atoms with Crippen LogP contribution in [0.3, 0.4) is 0 Å². The number of amides is 1. The van der Waals surface area contributed by atoms with Gasteiger partial charge in [-0.1, -0.05) is 0 Å². The van der Waals surface area contributed by atoms with Gasteiger partial charge in [0, 0.05) is 17.5 Å². The van der Waals surface area contributed by atoms with Crippen LogP contribution in [0.1, 0.15) is 79.2 Å². The van der Waals surface area contributed by atoms with Gasteiger partial charge < -0.3 is 15.3 Å². The van der Waals surface area contributed by atoms with Crippen LogP contribution in [0.2, 0.25) is 0 Å². The summed E-state index contributed by atoms with van der Waals surface area (Å²) in [6.07, 6.45) is 13.6. The van der Waals surface area contributed by atoms with Gasteiger partial charge in [-0.05, 0) is 57.3 Å². The minimum absolute atomic E-state index is 0.0737. The number of nitrogens with zero attached hydrogens (tertiary/aromatic N) is 4. The molecule has 0 spiro atoms. The van der Waals surface area contributed by atoms with Gasteiger partial charge in [-0.15, -0.1) is 0 Å². The molecule has 2 unspecified atom stereocenters. The topological polar surface area (TPSA) is 96.0 Å². The van der Waals surface area contributed by atoms with Crippen LogP contribution < -0.4 is 10.0 Å². The summed E-state index contributed by atoms with van der Waals surface area (Å²) in [5, 5.41) is 19.9. The molecule has 8 heteroatoms. The van der Waals surface area contributed by atoms with E-state index in [1.54, 1.807) is 4.68 Å². The predicted molar refractivity (Wildman–Crippen MR) is 102 cm³/mol. The molecular formula is C21H25N5O3.